The SMILES string of the molecule is Cc1ccc(Cc2ccccc2C(=O)N2CCC[C@](O)(CO)CC2)cc1. The molecule has 2 N–H and O–H groups in total. The lowest BCUT2D eigenvalue weighted by Crippen LogP contribution is -2.36. The molecule has 138 valence electrons. The molecule has 1 atom stereocenters. The van der Waals surface area contributed by atoms with Gasteiger partial charge >= 0.3 is 0 Å². The van der Waals surface area contributed by atoms with Crippen LogP contribution in [-0.2, 0) is 6.42 Å². The van der Waals surface area contributed by atoms with Gasteiger partial charge in [-0.3, -0.25) is 4.79 Å². The second-order valence-corrected chi connectivity index (χ2v) is 7.35. The van der Waals surface area contributed by atoms with Gasteiger partial charge in [0.05, 0.1) is 12.2 Å². The topological polar surface area (TPSA) is 60.8 Å². The second-order valence-electron chi connectivity index (χ2n) is 7.35. The average molecular weight is 353 g/mol. The maximum atomic E-state index is 13.1. The highest BCUT2D eigenvalue weighted by molar-refractivity contribution is 5.95. The number of likely N-dealkylation sites (tertiary alicyclic amines) is 1. The minimum Gasteiger partial charge on any atom is -0.393 e. The average Bonchev–Trinajstić information content (AvgIpc) is 2.86. The van der Waals surface area contributed by atoms with Crippen molar-refractivity contribution in [3.63, 3.8) is 0 Å². The number of benzene rings is 2. The van der Waals surface area contributed by atoms with Crippen LogP contribution < -0.4 is 0 Å². The van der Waals surface area contributed by atoms with Crippen LogP contribution in [0.1, 0.15) is 46.3 Å². The van der Waals surface area contributed by atoms with Crippen LogP contribution in [0.4, 0.5) is 0 Å². The van der Waals surface area contributed by atoms with Crippen LogP contribution in [0.2, 0.25) is 0 Å². The minimum absolute atomic E-state index is 0.00917. The number of aliphatic hydroxyl groups excluding tert-OH is 1. The number of amides is 1. The van der Waals surface area contributed by atoms with Gasteiger partial charge in [0, 0.05) is 18.7 Å². The fraction of sp³-hybridized carbons (Fsp3) is 0.409. The van der Waals surface area contributed by atoms with Crippen molar-refractivity contribution in [3.05, 3.63) is 70.8 Å². The zero-order valence-corrected chi connectivity index (χ0v) is 15.3. The third-order valence-corrected chi connectivity index (χ3v) is 5.26. The molecular formula is C22H27NO3. The normalized spacial score (nSPS) is 20.7. The summed E-state index contributed by atoms with van der Waals surface area (Å²) in [5.41, 5.74) is 3.09. The summed E-state index contributed by atoms with van der Waals surface area (Å²) >= 11 is 0. The Kier molecular flexibility index (Phi) is 5.74. The summed E-state index contributed by atoms with van der Waals surface area (Å²) in [6.07, 6.45) is 2.35. The van der Waals surface area contributed by atoms with E-state index < -0.39 is 5.60 Å². The van der Waals surface area contributed by atoms with Crippen LogP contribution in [0.25, 0.3) is 0 Å². The number of hydrogen-bond acceptors (Lipinski definition) is 3. The predicted octanol–water partition coefficient (Wildman–Crippen LogP) is 2.94. The number of rotatable bonds is 4. The number of nitrogens with zero attached hydrogens (tertiary/aromatic N) is 1. The standard InChI is InChI=1S/C22H27NO3/c1-17-7-9-18(10-8-17)15-19-5-2-3-6-20(19)21(25)23-13-4-11-22(26,16-24)12-14-23/h2-3,5-10,24,26H,4,11-16H2,1H3/t22-/m1/s1. The molecule has 0 bridgehead atoms. The first-order valence-electron chi connectivity index (χ1n) is 9.27. The molecule has 1 heterocycles. The molecule has 0 aromatic heterocycles. The van der Waals surface area contributed by atoms with Gasteiger partial charge in [0.1, 0.15) is 0 Å². The third-order valence-electron chi connectivity index (χ3n) is 5.26. The Bertz CT molecular complexity index is 756. The minimum atomic E-state index is -1.06. The highest BCUT2D eigenvalue weighted by Gasteiger charge is 2.31. The number of aryl methyl sites for hydroxylation is 1. The monoisotopic (exact) mass is 353 g/mol. The summed E-state index contributed by atoms with van der Waals surface area (Å²) in [4.78, 5) is 14.9. The van der Waals surface area contributed by atoms with Gasteiger partial charge in [-0.1, -0.05) is 48.0 Å². The molecule has 4 heteroatoms. The van der Waals surface area contributed by atoms with Gasteiger partial charge in [0.2, 0.25) is 0 Å². The maximum absolute atomic E-state index is 13.1. The van der Waals surface area contributed by atoms with Crippen LogP contribution in [0, 0.1) is 6.92 Å². The van der Waals surface area contributed by atoms with E-state index >= 15 is 0 Å². The van der Waals surface area contributed by atoms with Gasteiger partial charge in [0.15, 0.2) is 0 Å². The summed E-state index contributed by atoms with van der Waals surface area (Å²) in [6, 6.07) is 16.1. The van der Waals surface area contributed by atoms with Crippen LogP contribution in [0.15, 0.2) is 48.5 Å². The van der Waals surface area contributed by atoms with E-state index in [0.717, 1.165) is 17.5 Å². The van der Waals surface area contributed by atoms with Crippen molar-refractivity contribution in [2.75, 3.05) is 19.7 Å². The van der Waals surface area contributed by atoms with E-state index in [1.54, 1.807) is 0 Å². The first-order valence-corrected chi connectivity index (χ1v) is 9.27. The number of carbonyl (C=O) groups excluding carboxylic acids is 1. The van der Waals surface area contributed by atoms with Crippen molar-refractivity contribution in [2.24, 2.45) is 0 Å². The molecule has 1 saturated heterocycles. The Balaban J connectivity index is 1.78. The maximum Gasteiger partial charge on any atom is 0.254 e. The van der Waals surface area contributed by atoms with E-state index in [1.807, 2.05) is 29.2 Å². The Morgan fingerprint density at radius 2 is 1.81 bits per heavy atom. The molecule has 4 nitrogen and oxygen atoms in total. The molecule has 2 aromatic rings. The van der Waals surface area contributed by atoms with Crippen LogP contribution in [0.3, 0.4) is 0 Å². The molecular weight excluding hydrogens is 326 g/mol. The molecule has 1 aliphatic heterocycles. The van der Waals surface area contributed by atoms with Crippen molar-refractivity contribution < 1.29 is 15.0 Å². The van der Waals surface area contributed by atoms with E-state index in [4.69, 9.17) is 0 Å². The highest BCUT2D eigenvalue weighted by Crippen LogP contribution is 2.24. The molecule has 0 saturated carbocycles. The zero-order chi connectivity index (χ0) is 18.6. The van der Waals surface area contributed by atoms with Crippen molar-refractivity contribution in [2.45, 2.75) is 38.2 Å². The van der Waals surface area contributed by atoms with E-state index in [2.05, 4.69) is 31.2 Å². The third kappa shape index (κ3) is 4.32. The molecule has 1 amide bonds. The quantitative estimate of drug-likeness (QED) is 0.888. The van der Waals surface area contributed by atoms with E-state index in [-0.39, 0.29) is 12.5 Å². The lowest BCUT2D eigenvalue weighted by atomic mass is 9.96. The van der Waals surface area contributed by atoms with Crippen molar-refractivity contribution in [1.82, 2.24) is 4.90 Å². The van der Waals surface area contributed by atoms with Crippen LogP contribution in [0.5, 0.6) is 0 Å². The molecule has 1 fully saturated rings. The summed E-state index contributed by atoms with van der Waals surface area (Å²) in [7, 11) is 0. The smallest absolute Gasteiger partial charge is 0.254 e. The zero-order valence-electron chi connectivity index (χ0n) is 15.3. The predicted molar refractivity (Wildman–Crippen MR) is 102 cm³/mol. The van der Waals surface area contributed by atoms with Crippen molar-refractivity contribution in [1.29, 1.82) is 0 Å². The Labute approximate surface area is 155 Å². The van der Waals surface area contributed by atoms with E-state index in [0.29, 0.717) is 32.4 Å². The number of aliphatic hydroxyl groups is 2. The number of carbonyl (C=O) groups is 1. The van der Waals surface area contributed by atoms with E-state index in [1.165, 1.54) is 11.1 Å². The lowest BCUT2D eigenvalue weighted by Gasteiger charge is -2.25. The molecule has 3 rings (SSSR count). The van der Waals surface area contributed by atoms with Crippen LogP contribution >= 0.6 is 0 Å². The van der Waals surface area contributed by atoms with Gasteiger partial charge in [-0.2, -0.15) is 0 Å². The molecule has 2 aromatic carbocycles. The van der Waals surface area contributed by atoms with Crippen molar-refractivity contribution in [3.8, 4) is 0 Å². The summed E-state index contributed by atoms with van der Waals surface area (Å²) in [6.45, 7) is 2.89. The summed E-state index contributed by atoms with van der Waals surface area (Å²) in [5.74, 6) is 0.00917. The largest absolute Gasteiger partial charge is 0.393 e. The number of hydrogen-bond donors (Lipinski definition) is 2. The molecule has 26 heavy (non-hydrogen) atoms. The molecule has 1 aliphatic rings. The molecule has 0 unspecified atom stereocenters. The van der Waals surface area contributed by atoms with Gasteiger partial charge in [-0.25, -0.2) is 0 Å². The lowest BCUT2D eigenvalue weighted by molar-refractivity contribution is -0.0250. The Morgan fingerprint density at radius 1 is 1.08 bits per heavy atom. The first kappa shape index (κ1) is 18.6. The molecule has 0 spiro atoms. The fourth-order valence-corrected chi connectivity index (χ4v) is 3.52. The van der Waals surface area contributed by atoms with Crippen LogP contribution in [-0.4, -0.2) is 46.3 Å². The van der Waals surface area contributed by atoms with Crippen molar-refractivity contribution >= 4 is 5.91 Å². The second kappa shape index (κ2) is 8.02. The Hall–Kier alpha value is -2.17. The van der Waals surface area contributed by atoms with Gasteiger partial charge in [-0.05, 0) is 49.8 Å². The summed E-state index contributed by atoms with van der Waals surface area (Å²) < 4.78 is 0. The molecule has 0 radical (unpaired) electrons. The highest BCUT2D eigenvalue weighted by atomic mass is 16.3. The van der Waals surface area contributed by atoms with Gasteiger partial charge < -0.3 is 15.1 Å². The van der Waals surface area contributed by atoms with E-state index in [9.17, 15) is 15.0 Å². The fourth-order valence-electron chi connectivity index (χ4n) is 3.52. The van der Waals surface area contributed by atoms with Gasteiger partial charge in [0.25, 0.3) is 5.91 Å². The summed E-state index contributed by atoms with van der Waals surface area (Å²) in [5, 5.41) is 19.7. The van der Waals surface area contributed by atoms with Gasteiger partial charge in [-0.15, -0.1) is 0 Å². The Morgan fingerprint density at radius 3 is 2.54 bits per heavy atom. The molecule has 0 aliphatic carbocycles. The first-order chi connectivity index (χ1) is 12.5.